The maximum Gasteiger partial charge on any atom is 0.213 e. The summed E-state index contributed by atoms with van der Waals surface area (Å²) in [4.78, 5) is 0. The van der Waals surface area contributed by atoms with Gasteiger partial charge in [-0.3, -0.25) is 0 Å². The highest BCUT2D eigenvalue weighted by atomic mass is 15.1. The summed E-state index contributed by atoms with van der Waals surface area (Å²) in [7, 11) is 0. The van der Waals surface area contributed by atoms with Crippen molar-refractivity contribution >= 4 is 0 Å². The lowest BCUT2D eigenvalue weighted by atomic mass is 9.61. The molecular weight excluding hydrogens is 242 g/mol. The van der Waals surface area contributed by atoms with E-state index in [1.165, 1.54) is 16.8 Å². The minimum absolute atomic E-state index is 0.118. The normalized spacial score (nSPS) is 27.8. The third-order valence-corrected chi connectivity index (χ3v) is 5.77. The fraction of sp³-hybridized carbons (Fsp3) is 0.421. The molecule has 104 valence electrons. The third-order valence-electron chi connectivity index (χ3n) is 5.77. The number of hydrogen-bond donors (Lipinski definition) is 0. The molecule has 2 heterocycles. The van der Waals surface area contributed by atoms with Crippen LogP contribution in [0.3, 0.4) is 0 Å². The van der Waals surface area contributed by atoms with Crippen molar-refractivity contribution in [2.24, 2.45) is 0 Å². The van der Waals surface area contributed by atoms with Gasteiger partial charge in [0.1, 0.15) is 0 Å². The molecule has 2 atom stereocenters. The highest BCUT2D eigenvalue weighted by molar-refractivity contribution is 5.65. The first-order valence-corrected chi connectivity index (χ1v) is 7.69. The highest BCUT2D eigenvalue weighted by Crippen LogP contribution is 2.48. The molecule has 0 aliphatic carbocycles. The molecule has 0 bridgehead atoms. The molecule has 2 unspecified atom stereocenters. The molecular formula is C19H24N+. The van der Waals surface area contributed by atoms with Crippen LogP contribution in [0, 0.1) is 0 Å². The Balaban J connectivity index is 2.42. The van der Waals surface area contributed by atoms with Gasteiger partial charge in [0.25, 0.3) is 0 Å². The van der Waals surface area contributed by atoms with Crippen LogP contribution in [0.5, 0.6) is 0 Å². The lowest BCUT2D eigenvalue weighted by Gasteiger charge is -2.46. The molecule has 0 fully saturated rings. The van der Waals surface area contributed by atoms with Crippen molar-refractivity contribution in [2.75, 3.05) is 0 Å². The van der Waals surface area contributed by atoms with E-state index >= 15 is 0 Å². The first kappa shape index (κ1) is 13.4. The predicted octanol–water partition coefficient (Wildman–Crippen LogP) is 4.45. The maximum atomic E-state index is 2.50. The second-order valence-electron chi connectivity index (χ2n) is 6.31. The molecule has 0 saturated carbocycles. The molecule has 0 radical (unpaired) electrons. The van der Waals surface area contributed by atoms with Gasteiger partial charge in [-0.05, 0) is 31.0 Å². The summed E-state index contributed by atoms with van der Waals surface area (Å²) in [5, 5.41) is 0. The summed E-state index contributed by atoms with van der Waals surface area (Å²) in [5.41, 5.74) is 4.52. The average molecular weight is 266 g/mol. The van der Waals surface area contributed by atoms with Crippen LogP contribution in [0.4, 0.5) is 0 Å². The van der Waals surface area contributed by atoms with Crippen molar-refractivity contribution in [2.45, 2.75) is 51.5 Å². The zero-order valence-electron chi connectivity index (χ0n) is 13.0. The molecule has 1 aromatic heterocycles. The fourth-order valence-corrected chi connectivity index (χ4v) is 3.97. The summed E-state index contributed by atoms with van der Waals surface area (Å²) in [6, 6.07) is 15.5. The quantitative estimate of drug-likeness (QED) is 0.707. The van der Waals surface area contributed by atoms with Gasteiger partial charge in [0.2, 0.25) is 5.69 Å². The number of aromatic nitrogens is 1. The average Bonchev–Trinajstić information content (AvgIpc) is 2.52. The van der Waals surface area contributed by atoms with Crippen molar-refractivity contribution in [1.29, 1.82) is 0 Å². The number of fused-ring (bicyclic) bond motifs is 3. The Morgan fingerprint density at radius 3 is 2.30 bits per heavy atom. The summed E-state index contributed by atoms with van der Waals surface area (Å²) >= 11 is 0. The van der Waals surface area contributed by atoms with Crippen molar-refractivity contribution in [3.05, 3.63) is 54.2 Å². The topological polar surface area (TPSA) is 3.88 Å². The zero-order valence-corrected chi connectivity index (χ0v) is 13.0. The van der Waals surface area contributed by atoms with Crippen LogP contribution in [0.15, 0.2) is 48.7 Å². The second kappa shape index (κ2) is 4.44. The van der Waals surface area contributed by atoms with Gasteiger partial charge < -0.3 is 0 Å². The van der Waals surface area contributed by atoms with Crippen LogP contribution < -0.4 is 4.57 Å². The predicted molar refractivity (Wildman–Crippen MR) is 83.7 cm³/mol. The first-order valence-electron chi connectivity index (χ1n) is 7.69. The SMILES string of the molecule is CCC1(C)c2ccccc2-c2cccc[n+]2C1(C)CC. The Labute approximate surface area is 122 Å². The Morgan fingerprint density at radius 1 is 0.900 bits per heavy atom. The largest absolute Gasteiger partial charge is 0.213 e. The second-order valence-corrected chi connectivity index (χ2v) is 6.31. The minimum atomic E-state index is 0.118. The van der Waals surface area contributed by atoms with E-state index < -0.39 is 0 Å². The van der Waals surface area contributed by atoms with Gasteiger partial charge in [0.15, 0.2) is 11.7 Å². The number of pyridine rings is 1. The molecule has 1 heteroatoms. The van der Waals surface area contributed by atoms with E-state index in [2.05, 4.69) is 80.9 Å². The van der Waals surface area contributed by atoms with Gasteiger partial charge >= 0.3 is 0 Å². The molecule has 0 N–H and O–H groups in total. The van der Waals surface area contributed by atoms with Gasteiger partial charge in [-0.25, -0.2) is 0 Å². The summed E-state index contributed by atoms with van der Waals surface area (Å²) in [5.74, 6) is 0. The molecule has 3 rings (SSSR count). The maximum absolute atomic E-state index is 2.50. The fourth-order valence-electron chi connectivity index (χ4n) is 3.97. The third kappa shape index (κ3) is 1.47. The van der Waals surface area contributed by atoms with Gasteiger partial charge in [0, 0.05) is 25.5 Å². The summed E-state index contributed by atoms with van der Waals surface area (Å²) in [6.07, 6.45) is 4.53. The number of benzene rings is 1. The number of rotatable bonds is 2. The molecule has 1 aliphatic heterocycles. The Kier molecular flexibility index (Phi) is 2.97. The van der Waals surface area contributed by atoms with Crippen LogP contribution in [0.25, 0.3) is 11.3 Å². The van der Waals surface area contributed by atoms with Crippen LogP contribution >= 0.6 is 0 Å². The molecule has 20 heavy (non-hydrogen) atoms. The van der Waals surface area contributed by atoms with Crippen LogP contribution in [0.1, 0.15) is 46.1 Å². The van der Waals surface area contributed by atoms with E-state index in [0.717, 1.165) is 12.8 Å². The van der Waals surface area contributed by atoms with Crippen molar-refractivity contribution in [1.82, 2.24) is 0 Å². The van der Waals surface area contributed by atoms with Gasteiger partial charge in [0.05, 0.1) is 11.0 Å². The van der Waals surface area contributed by atoms with Gasteiger partial charge in [-0.2, -0.15) is 4.57 Å². The molecule has 1 nitrogen and oxygen atoms in total. The highest BCUT2D eigenvalue weighted by Gasteiger charge is 2.55. The van der Waals surface area contributed by atoms with E-state index in [0.29, 0.717) is 0 Å². The minimum Gasteiger partial charge on any atom is -0.192 e. The number of nitrogens with zero attached hydrogens (tertiary/aromatic N) is 1. The van der Waals surface area contributed by atoms with Crippen LogP contribution in [0.2, 0.25) is 0 Å². The molecule has 2 aromatic rings. The summed E-state index contributed by atoms with van der Waals surface area (Å²) in [6.45, 7) is 9.47. The van der Waals surface area contributed by atoms with Crippen LogP contribution in [-0.2, 0) is 11.0 Å². The molecule has 0 amide bonds. The standard InChI is InChI=1S/C19H24N/c1-5-18(3)16-12-8-7-11-15(16)17-13-9-10-14-20(17)19(18,4)6-2/h7-14H,5-6H2,1-4H3/q+1. The lowest BCUT2D eigenvalue weighted by molar-refractivity contribution is -0.765. The molecule has 1 aromatic carbocycles. The van der Waals surface area contributed by atoms with Crippen molar-refractivity contribution in [3.8, 4) is 11.3 Å². The molecule has 1 aliphatic rings. The van der Waals surface area contributed by atoms with E-state index in [-0.39, 0.29) is 11.0 Å². The van der Waals surface area contributed by atoms with E-state index in [4.69, 9.17) is 0 Å². The first-order chi connectivity index (χ1) is 9.58. The van der Waals surface area contributed by atoms with E-state index in [1.807, 2.05) is 0 Å². The number of hydrogen-bond acceptors (Lipinski definition) is 0. The van der Waals surface area contributed by atoms with E-state index in [9.17, 15) is 0 Å². The molecule has 0 spiro atoms. The van der Waals surface area contributed by atoms with Gasteiger partial charge in [-0.15, -0.1) is 0 Å². The Hall–Kier alpha value is -1.63. The van der Waals surface area contributed by atoms with Crippen molar-refractivity contribution in [3.63, 3.8) is 0 Å². The Bertz CT molecular complexity index is 588. The Morgan fingerprint density at radius 2 is 1.60 bits per heavy atom. The smallest absolute Gasteiger partial charge is 0.192 e. The summed E-state index contributed by atoms with van der Waals surface area (Å²) < 4.78 is 2.50. The lowest BCUT2D eigenvalue weighted by Crippen LogP contribution is -2.67. The van der Waals surface area contributed by atoms with Crippen molar-refractivity contribution < 1.29 is 4.57 Å². The zero-order chi connectivity index (χ0) is 14.4. The van der Waals surface area contributed by atoms with E-state index in [1.54, 1.807) is 0 Å². The monoisotopic (exact) mass is 266 g/mol. The van der Waals surface area contributed by atoms with Crippen LogP contribution in [-0.4, -0.2) is 0 Å². The molecule has 0 saturated heterocycles. The van der Waals surface area contributed by atoms with Gasteiger partial charge in [-0.1, -0.05) is 32.0 Å².